The third-order valence-electron chi connectivity index (χ3n) is 6.17. The van der Waals surface area contributed by atoms with Crippen LogP contribution in [0.25, 0.3) is 0 Å². The maximum Gasteiger partial charge on any atom is 0.416 e. The van der Waals surface area contributed by atoms with Crippen LogP contribution in [0, 0.1) is 11.3 Å². The number of halogens is 3. The monoisotopic (exact) mass is 471 g/mol. The number of nitrogens with zero attached hydrogens (tertiary/aromatic N) is 3. The Morgan fingerprint density at radius 2 is 1.85 bits per heavy atom. The summed E-state index contributed by atoms with van der Waals surface area (Å²) >= 11 is 0. The van der Waals surface area contributed by atoms with Crippen LogP contribution < -0.4 is 4.90 Å². The Morgan fingerprint density at radius 1 is 1.18 bits per heavy atom. The molecule has 1 heterocycles. The number of nitriles is 1. The number of benzene rings is 2. The molecule has 2 aromatic rings. The lowest BCUT2D eigenvalue weighted by Gasteiger charge is -2.48. The van der Waals surface area contributed by atoms with Gasteiger partial charge in [0.25, 0.3) is 0 Å². The number of Topliss-reactive ketones (excluding diaryl/α,β-unsaturated/α-hetero) is 1. The molecule has 0 bridgehead atoms. The lowest BCUT2D eigenvalue weighted by atomic mass is 9.91. The molecular weight excluding hydrogens is 451 g/mol. The van der Waals surface area contributed by atoms with E-state index < -0.39 is 36.1 Å². The molecule has 176 valence electrons. The van der Waals surface area contributed by atoms with Gasteiger partial charge < -0.3 is 15.1 Å². The number of hydrogen-bond donors (Lipinski definition) is 2. The van der Waals surface area contributed by atoms with Crippen LogP contribution >= 0.6 is 0 Å². The van der Waals surface area contributed by atoms with Crippen LogP contribution in [0.2, 0.25) is 0 Å². The Kier molecular flexibility index (Phi) is 5.93. The Labute approximate surface area is 192 Å². The molecule has 1 aliphatic carbocycles. The zero-order chi connectivity index (χ0) is 24.8. The molecule has 2 N–H and O–H groups in total. The Hall–Kier alpha value is -3.68. The van der Waals surface area contributed by atoms with Crippen LogP contribution in [0.3, 0.4) is 0 Å². The minimum absolute atomic E-state index is 0.00890. The first-order valence-corrected chi connectivity index (χ1v) is 10.5. The van der Waals surface area contributed by atoms with E-state index in [4.69, 9.17) is 5.26 Å². The van der Waals surface area contributed by atoms with Gasteiger partial charge in [0.05, 0.1) is 23.2 Å². The lowest BCUT2D eigenvalue weighted by molar-refractivity contribution is -0.150. The average molecular weight is 471 g/mol. The quantitative estimate of drug-likeness (QED) is 0.699. The van der Waals surface area contributed by atoms with E-state index in [0.717, 1.165) is 12.1 Å². The van der Waals surface area contributed by atoms with Crippen LogP contribution in [-0.2, 0) is 15.8 Å². The number of alkyl halides is 3. The van der Waals surface area contributed by atoms with Crippen LogP contribution in [0.5, 0.6) is 0 Å². The van der Waals surface area contributed by atoms with Gasteiger partial charge in [-0.3, -0.25) is 9.59 Å². The van der Waals surface area contributed by atoms with E-state index in [2.05, 4.69) is 0 Å². The van der Waals surface area contributed by atoms with Gasteiger partial charge in [-0.15, -0.1) is 0 Å². The summed E-state index contributed by atoms with van der Waals surface area (Å²) in [6.45, 7) is 1.33. The number of aliphatic hydroxyl groups is 1. The minimum atomic E-state index is -4.63. The van der Waals surface area contributed by atoms with Gasteiger partial charge in [0.15, 0.2) is 12.1 Å². The molecular formula is C24H20F3N3O4. The molecule has 1 aliphatic heterocycles. The van der Waals surface area contributed by atoms with E-state index in [-0.39, 0.29) is 29.9 Å². The maximum absolute atomic E-state index is 13.4. The van der Waals surface area contributed by atoms with Gasteiger partial charge in [0.1, 0.15) is 6.04 Å². The minimum Gasteiger partial charge on any atom is -0.480 e. The fraction of sp³-hybridized carbons (Fsp3) is 0.292. The first kappa shape index (κ1) is 23.5. The highest BCUT2D eigenvalue weighted by Crippen LogP contribution is 2.47. The standard InChI is InChI=1S/C24H20F3N3O4/c1-13(22(32)33)29-21(15-7-5-14(12-28)6-8-15)20-18(9-10-19(20)31)30(23(29)34)17-4-2-3-16(11-17)24(25,26)27/h2-8,11,13,21,23,34H,9-10H2,1H3,(H,32,33). The molecule has 3 unspecified atom stereocenters. The maximum atomic E-state index is 13.4. The van der Waals surface area contributed by atoms with Gasteiger partial charge in [0, 0.05) is 23.4 Å². The van der Waals surface area contributed by atoms with Crippen molar-refractivity contribution in [3.05, 3.63) is 76.5 Å². The summed E-state index contributed by atoms with van der Waals surface area (Å²) < 4.78 is 40.1. The molecule has 10 heteroatoms. The number of allylic oxidation sites excluding steroid dienone is 1. The predicted octanol–water partition coefficient (Wildman–Crippen LogP) is 3.81. The molecule has 0 spiro atoms. The fourth-order valence-corrected chi connectivity index (χ4v) is 4.53. The van der Waals surface area contributed by atoms with Crippen molar-refractivity contribution in [1.82, 2.24) is 4.90 Å². The third kappa shape index (κ3) is 3.93. The molecule has 4 rings (SSSR count). The first-order chi connectivity index (χ1) is 16.0. The van der Waals surface area contributed by atoms with Crippen molar-refractivity contribution in [3.63, 3.8) is 0 Å². The molecule has 34 heavy (non-hydrogen) atoms. The third-order valence-corrected chi connectivity index (χ3v) is 6.17. The molecule has 0 fully saturated rings. The van der Waals surface area contributed by atoms with Gasteiger partial charge in [-0.1, -0.05) is 18.2 Å². The van der Waals surface area contributed by atoms with Gasteiger partial charge >= 0.3 is 12.1 Å². The summed E-state index contributed by atoms with van der Waals surface area (Å²) in [4.78, 5) is 27.3. The zero-order valence-electron chi connectivity index (χ0n) is 18.0. The number of carboxylic acids is 1. The Morgan fingerprint density at radius 3 is 2.44 bits per heavy atom. The number of aliphatic carboxylic acids is 1. The van der Waals surface area contributed by atoms with E-state index in [1.54, 1.807) is 12.1 Å². The van der Waals surface area contributed by atoms with Crippen molar-refractivity contribution in [2.45, 2.75) is 44.4 Å². The highest BCUT2D eigenvalue weighted by Gasteiger charge is 2.49. The van der Waals surface area contributed by atoms with E-state index in [9.17, 15) is 33.0 Å². The lowest BCUT2D eigenvalue weighted by Crippen LogP contribution is -2.58. The number of ketones is 1. The summed E-state index contributed by atoms with van der Waals surface area (Å²) in [5.41, 5.74) is 0.467. The number of anilines is 1. The second kappa shape index (κ2) is 8.59. The van der Waals surface area contributed by atoms with Crippen molar-refractivity contribution in [2.75, 3.05) is 4.90 Å². The van der Waals surface area contributed by atoms with Crippen molar-refractivity contribution in [3.8, 4) is 6.07 Å². The molecule has 2 aliphatic rings. The smallest absolute Gasteiger partial charge is 0.416 e. The molecule has 0 aromatic heterocycles. The number of carbonyl (C=O) groups is 2. The number of aliphatic hydroxyl groups excluding tert-OH is 1. The normalized spacial score (nSPS) is 21.9. The van der Waals surface area contributed by atoms with Gasteiger partial charge in [-0.05, 0) is 49.2 Å². The van der Waals surface area contributed by atoms with Crippen molar-refractivity contribution < 1.29 is 33.0 Å². The van der Waals surface area contributed by atoms with Crippen LogP contribution in [-0.4, -0.2) is 39.3 Å². The van der Waals surface area contributed by atoms with Crippen molar-refractivity contribution in [1.29, 1.82) is 5.26 Å². The predicted molar refractivity (Wildman–Crippen MR) is 114 cm³/mol. The zero-order valence-corrected chi connectivity index (χ0v) is 18.0. The van der Waals surface area contributed by atoms with Crippen LogP contribution in [0.15, 0.2) is 59.8 Å². The van der Waals surface area contributed by atoms with Crippen molar-refractivity contribution in [2.24, 2.45) is 0 Å². The summed E-state index contributed by atoms with van der Waals surface area (Å²) in [5.74, 6) is -1.56. The SMILES string of the molecule is CC(C(=O)O)N1C(c2ccc(C#N)cc2)C2=C(CCC2=O)N(c2cccc(C(F)(F)F)c2)C1O. The number of carboxylic acid groups (broad SMARTS) is 1. The van der Waals surface area contributed by atoms with E-state index in [0.29, 0.717) is 16.8 Å². The summed E-state index contributed by atoms with van der Waals surface area (Å²) in [6, 6.07) is 10.2. The largest absolute Gasteiger partial charge is 0.480 e. The summed E-state index contributed by atoms with van der Waals surface area (Å²) in [5, 5.41) is 30.2. The fourth-order valence-electron chi connectivity index (χ4n) is 4.53. The number of rotatable bonds is 4. The Bertz CT molecular complexity index is 1220. The van der Waals surface area contributed by atoms with Gasteiger partial charge in [-0.25, -0.2) is 4.90 Å². The molecule has 7 nitrogen and oxygen atoms in total. The average Bonchev–Trinajstić information content (AvgIpc) is 3.18. The van der Waals surface area contributed by atoms with E-state index in [1.165, 1.54) is 41.0 Å². The molecule has 3 atom stereocenters. The topological polar surface area (TPSA) is 105 Å². The number of hydrogen-bond acceptors (Lipinski definition) is 6. The van der Waals surface area contributed by atoms with Gasteiger partial charge in [-0.2, -0.15) is 18.4 Å². The van der Waals surface area contributed by atoms with E-state index >= 15 is 0 Å². The highest BCUT2D eigenvalue weighted by molar-refractivity contribution is 6.01. The molecule has 0 saturated carbocycles. The first-order valence-electron chi connectivity index (χ1n) is 10.5. The van der Waals surface area contributed by atoms with Crippen LogP contribution in [0.1, 0.15) is 42.5 Å². The second-order valence-electron chi connectivity index (χ2n) is 8.15. The Balaban J connectivity index is 1.93. The van der Waals surface area contributed by atoms with Gasteiger partial charge in [0.2, 0.25) is 0 Å². The van der Waals surface area contributed by atoms with Crippen molar-refractivity contribution >= 4 is 17.4 Å². The number of carbonyl (C=O) groups excluding carboxylic acids is 1. The summed E-state index contributed by atoms with van der Waals surface area (Å²) in [7, 11) is 0. The molecule has 0 amide bonds. The second-order valence-corrected chi connectivity index (χ2v) is 8.15. The van der Waals surface area contributed by atoms with Crippen LogP contribution in [0.4, 0.5) is 18.9 Å². The summed E-state index contributed by atoms with van der Waals surface area (Å²) in [6.07, 6.45) is -6.03. The molecule has 0 radical (unpaired) electrons. The van der Waals surface area contributed by atoms with E-state index in [1.807, 2.05) is 6.07 Å². The molecule has 2 aromatic carbocycles. The highest BCUT2D eigenvalue weighted by atomic mass is 19.4. The molecule has 0 saturated heterocycles.